The maximum absolute atomic E-state index is 14.2. The van der Waals surface area contributed by atoms with Crippen LogP contribution in [0.15, 0.2) is 48.5 Å². The van der Waals surface area contributed by atoms with Crippen LogP contribution in [0.4, 0.5) is 0 Å². The standard InChI is InChI=1S/C29H36Cl2N2O6S/c1-19(18-40(36,37)29(2,3)4)33-26(20-8-10-22(30)11-9-20)27(21-6-5-7-23(31)16-21)39-24(28(33)35)17-25(34)32-12-14-38-15-13-32/h5-11,16,19,24,26-27H,12-15,17-18H2,1-4H3/t19?,24-,26+,27+/m0/s1. The van der Waals surface area contributed by atoms with Crippen molar-refractivity contribution < 1.29 is 27.5 Å². The van der Waals surface area contributed by atoms with Gasteiger partial charge in [0, 0.05) is 29.2 Å². The van der Waals surface area contributed by atoms with Gasteiger partial charge in [-0.2, -0.15) is 0 Å². The number of rotatable bonds is 7. The second-order valence-corrected chi connectivity index (χ2v) is 14.9. The summed E-state index contributed by atoms with van der Waals surface area (Å²) >= 11 is 12.5. The molecule has 2 aromatic rings. The fourth-order valence-electron chi connectivity index (χ4n) is 5.07. The molecule has 2 heterocycles. The third-order valence-electron chi connectivity index (χ3n) is 7.41. The van der Waals surface area contributed by atoms with Crippen molar-refractivity contribution in [2.75, 3.05) is 32.1 Å². The number of hydrogen-bond donors (Lipinski definition) is 0. The lowest BCUT2D eigenvalue weighted by Gasteiger charge is -2.47. The van der Waals surface area contributed by atoms with Crippen molar-refractivity contribution in [2.45, 2.75) is 63.2 Å². The van der Waals surface area contributed by atoms with E-state index in [0.717, 1.165) is 5.56 Å². The van der Waals surface area contributed by atoms with Crippen LogP contribution in [0.2, 0.25) is 10.0 Å². The molecular weight excluding hydrogens is 575 g/mol. The van der Waals surface area contributed by atoms with Crippen molar-refractivity contribution in [3.63, 3.8) is 0 Å². The van der Waals surface area contributed by atoms with E-state index in [1.165, 1.54) is 0 Å². The maximum atomic E-state index is 14.2. The van der Waals surface area contributed by atoms with E-state index in [9.17, 15) is 18.0 Å². The summed E-state index contributed by atoms with van der Waals surface area (Å²) in [6.07, 6.45) is -2.00. The third kappa shape index (κ3) is 6.82. The molecule has 2 aliphatic rings. The zero-order valence-electron chi connectivity index (χ0n) is 23.2. The van der Waals surface area contributed by atoms with Crippen molar-refractivity contribution in [3.05, 3.63) is 69.7 Å². The number of hydrogen-bond acceptors (Lipinski definition) is 6. The Morgan fingerprint density at radius 2 is 1.68 bits per heavy atom. The molecule has 2 aromatic carbocycles. The Morgan fingerprint density at radius 3 is 2.27 bits per heavy atom. The second kappa shape index (κ2) is 12.4. The number of sulfone groups is 1. The largest absolute Gasteiger partial charge is 0.378 e. The van der Waals surface area contributed by atoms with Crippen LogP contribution in [0.5, 0.6) is 0 Å². The third-order valence-corrected chi connectivity index (χ3v) is 10.7. The van der Waals surface area contributed by atoms with E-state index in [1.54, 1.807) is 80.0 Å². The van der Waals surface area contributed by atoms with E-state index >= 15 is 0 Å². The lowest BCUT2D eigenvalue weighted by atomic mass is 9.90. The second-order valence-electron chi connectivity index (χ2n) is 11.3. The highest BCUT2D eigenvalue weighted by atomic mass is 35.5. The van der Waals surface area contributed by atoms with Crippen LogP contribution in [0.25, 0.3) is 0 Å². The van der Waals surface area contributed by atoms with Crippen LogP contribution in [-0.4, -0.2) is 79.0 Å². The Labute approximate surface area is 246 Å². The Balaban J connectivity index is 1.79. The Morgan fingerprint density at radius 1 is 1.02 bits per heavy atom. The summed E-state index contributed by atoms with van der Waals surface area (Å²) in [5, 5.41) is 1.01. The number of halogens is 2. The summed E-state index contributed by atoms with van der Waals surface area (Å²) in [6.45, 7) is 8.41. The smallest absolute Gasteiger partial charge is 0.253 e. The van der Waals surface area contributed by atoms with Gasteiger partial charge >= 0.3 is 0 Å². The zero-order valence-corrected chi connectivity index (χ0v) is 25.5. The van der Waals surface area contributed by atoms with Gasteiger partial charge in [0.05, 0.1) is 36.2 Å². The molecule has 0 saturated carbocycles. The molecule has 2 saturated heterocycles. The highest BCUT2D eigenvalue weighted by molar-refractivity contribution is 7.92. The monoisotopic (exact) mass is 610 g/mol. The number of nitrogens with zero attached hydrogens (tertiary/aromatic N) is 2. The van der Waals surface area contributed by atoms with Crippen LogP contribution in [0.3, 0.4) is 0 Å². The SMILES string of the molecule is CC(CS(=O)(=O)C(C)(C)C)N1C(=O)[C@H](CC(=O)N2CCOCC2)O[C@H](c2cccc(Cl)c2)[C@H]1c1ccc(Cl)cc1. The van der Waals surface area contributed by atoms with Crippen molar-refractivity contribution in [2.24, 2.45) is 0 Å². The van der Waals surface area contributed by atoms with Crippen LogP contribution in [-0.2, 0) is 28.9 Å². The number of amides is 2. The van der Waals surface area contributed by atoms with Gasteiger partial charge in [0.1, 0.15) is 12.2 Å². The summed E-state index contributed by atoms with van der Waals surface area (Å²) in [5.74, 6) is -0.901. The normalized spacial score (nSPS) is 23.2. The van der Waals surface area contributed by atoms with E-state index in [1.807, 2.05) is 6.07 Å². The molecule has 2 amide bonds. The number of carbonyl (C=O) groups is 2. The van der Waals surface area contributed by atoms with Gasteiger partial charge in [0.25, 0.3) is 5.91 Å². The first-order chi connectivity index (χ1) is 18.8. The molecule has 0 bridgehead atoms. The van der Waals surface area contributed by atoms with Gasteiger partial charge in [-0.3, -0.25) is 9.59 Å². The minimum Gasteiger partial charge on any atom is -0.378 e. The molecule has 0 aliphatic carbocycles. The van der Waals surface area contributed by atoms with Gasteiger partial charge in [-0.1, -0.05) is 47.5 Å². The van der Waals surface area contributed by atoms with E-state index < -0.39 is 44.8 Å². The maximum Gasteiger partial charge on any atom is 0.253 e. The van der Waals surface area contributed by atoms with Crippen LogP contribution in [0, 0.1) is 0 Å². The summed E-state index contributed by atoms with van der Waals surface area (Å²) in [7, 11) is -3.59. The number of carbonyl (C=O) groups excluding carboxylic acids is 2. The molecule has 2 aliphatic heterocycles. The minimum atomic E-state index is -3.59. The Bertz CT molecular complexity index is 1320. The first-order valence-corrected chi connectivity index (χ1v) is 15.8. The highest BCUT2D eigenvalue weighted by Crippen LogP contribution is 2.44. The molecule has 0 radical (unpaired) electrons. The predicted molar refractivity (Wildman–Crippen MR) is 155 cm³/mol. The Kier molecular flexibility index (Phi) is 9.52. The van der Waals surface area contributed by atoms with Crippen LogP contribution >= 0.6 is 23.2 Å². The summed E-state index contributed by atoms with van der Waals surface area (Å²) in [5.41, 5.74) is 1.43. The van der Waals surface area contributed by atoms with Crippen LogP contribution in [0.1, 0.15) is 57.4 Å². The summed E-state index contributed by atoms with van der Waals surface area (Å²) < 4.78 is 37.4. The molecule has 0 N–H and O–H groups in total. The molecule has 4 rings (SSSR count). The molecule has 4 atom stereocenters. The van der Waals surface area contributed by atoms with Crippen molar-refractivity contribution in [1.82, 2.24) is 9.80 Å². The molecule has 2 fully saturated rings. The Hall–Kier alpha value is -2.17. The lowest BCUT2D eigenvalue weighted by Crippen LogP contribution is -2.57. The number of ether oxygens (including phenoxy) is 2. The summed E-state index contributed by atoms with van der Waals surface area (Å²) in [6, 6.07) is 12.8. The van der Waals surface area contributed by atoms with E-state index in [-0.39, 0.29) is 18.1 Å². The van der Waals surface area contributed by atoms with Crippen LogP contribution < -0.4 is 0 Å². The zero-order chi connectivity index (χ0) is 29.2. The van der Waals surface area contributed by atoms with E-state index in [4.69, 9.17) is 32.7 Å². The average Bonchev–Trinajstić information content (AvgIpc) is 2.89. The number of morpholine rings is 2. The molecule has 0 aromatic heterocycles. The van der Waals surface area contributed by atoms with Crippen molar-refractivity contribution >= 4 is 44.9 Å². The summed E-state index contributed by atoms with van der Waals surface area (Å²) in [4.78, 5) is 30.6. The molecule has 218 valence electrons. The molecular formula is C29H36Cl2N2O6S. The quantitative estimate of drug-likeness (QED) is 0.445. The van der Waals surface area contributed by atoms with Gasteiger partial charge in [0.15, 0.2) is 9.84 Å². The van der Waals surface area contributed by atoms with Gasteiger partial charge in [-0.25, -0.2) is 8.42 Å². The molecule has 8 nitrogen and oxygen atoms in total. The molecule has 0 spiro atoms. The highest BCUT2D eigenvalue weighted by Gasteiger charge is 2.48. The van der Waals surface area contributed by atoms with Gasteiger partial charge in [0.2, 0.25) is 5.91 Å². The van der Waals surface area contributed by atoms with Crippen molar-refractivity contribution in [3.8, 4) is 0 Å². The number of benzene rings is 2. The predicted octanol–water partition coefficient (Wildman–Crippen LogP) is 4.85. The fraction of sp³-hybridized carbons (Fsp3) is 0.517. The first-order valence-electron chi connectivity index (χ1n) is 13.3. The van der Waals surface area contributed by atoms with E-state index in [0.29, 0.717) is 41.9 Å². The van der Waals surface area contributed by atoms with Gasteiger partial charge < -0.3 is 19.3 Å². The topological polar surface area (TPSA) is 93.2 Å². The van der Waals surface area contributed by atoms with Gasteiger partial charge in [-0.15, -0.1) is 0 Å². The fourth-order valence-corrected chi connectivity index (χ4v) is 6.69. The lowest BCUT2D eigenvalue weighted by molar-refractivity contribution is -0.181. The van der Waals surface area contributed by atoms with E-state index in [2.05, 4.69) is 0 Å². The first kappa shape index (κ1) is 30.8. The molecule has 40 heavy (non-hydrogen) atoms. The van der Waals surface area contributed by atoms with Crippen molar-refractivity contribution in [1.29, 1.82) is 0 Å². The molecule has 1 unspecified atom stereocenters. The molecule has 11 heteroatoms. The van der Waals surface area contributed by atoms with Gasteiger partial charge in [-0.05, 0) is 63.1 Å². The minimum absolute atomic E-state index is 0.168. The average molecular weight is 612 g/mol.